The topological polar surface area (TPSA) is 35.2 Å². The van der Waals surface area contributed by atoms with Gasteiger partial charge in [0, 0.05) is 12.5 Å². The summed E-state index contributed by atoms with van der Waals surface area (Å²) in [5.41, 5.74) is 8.08. The van der Waals surface area contributed by atoms with Crippen LogP contribution in [0.25, 0.3) is 0 Å². The van der Waals surface area contributed by atoms with Crippen molar-refractivity contribution in [1.82, 2.24) is 0 Å². The minimum absolute atomic E-state index is 0. The van der Waals surface area contributed by atoms with E-state index in [4.69, 9.17) is 10.5 Å². The molecule has 1 aromatic rings. The molecule has 0 heterocycles. The quantitative estimate of drug-likeness (QED) is 0.818. The van der Waals surface area contributed by atoms with Crippen molar-refractivity contribution < 1.29 is 4.74 Å². The molecule has 0 aliphatic heterocycles. The van der Waals surface area contributed by atoms with E-state index in [9.17, 15) is 0 Å². The second kappa shape index (κ2) is 4.20. The number of ether oxygens (including phenoxy) is 1. The van der Waals surface area contributed by atoms with Crippen LogP contribution in [-0.2, 0) is 0 Å². The zero-order valence-corrected chi connectivity index (χ0v) is 9.30. The molecule has 0 spiro atoms. The third-order valence-corrected chi connectivity index (χ3v) is 2.46. The molecule has 3 heteroatoms. The lowest BCUT2D eigenvalue weighted by molar-refractivity contribution is 0.292. The Bertz CT molecular complexity index is 307. The summed E-state index contributed by atoms with van der Waals surface area (Å²) in [5.74, 6) is 1.01. The van der Waals surface area contributed by atoms with E-state index in [1.165, 1.54) is 11.1 Å². The molecule has 0 bridgehead atoms. The van der Waals surface area contributed by atoms with Crippen molar-refractivity contribution in [3.8, 4) is 5.75 Å². The lowest BCUT2D eigenvalue weighted by Gasteiger charge is -2.10. The SMILES string of the molecule is Cc1cccc(C)c1O[C@@H]1C[C@H]1N.Cl. The third-order valence-electron chi connectivity index (χ3n) is 2.46. The van der Waals surface area contributed by atoms with Crippen LogP contribution in [0.3, 0.4) is 0 Å². The first-order valence-corrected chi connectivity index (χ1v) is 4.67. The van der Waals surface area contributed by atoms with Gasteiger partial charge in [-0.2, -0.15) is 0 Å². The first-order valence-electron chi connectivity index (χ1n) is 4.67. The van der Waals surface area contributed by atoms with Crippen molar-refractivity contribution in [1.29, 1.82) is 0 Å². The van der Waals surface area contributed by atoms with Crippen molar-refractivity contribution in [2.24, 2.45) is 5.73 Å². The largest absolute Gasteiger partial charge is 0.488 e. The molecule has 0 unspecified atom stereocenters. The van der Waals surface area contributed by atoms with Crippen LogP contribution in [0.4, 0.5) is 0 Å². The summed E-state index contributed by atoms with van der Waals surface area (Å²) in [4.78, 5) is 0. The molecule has 1 aliphatic rings. The number of hydrogen-bond acceptors (Lipinski definition) is 2. The van der Waals surface area contributed by atoms with Gasteiger partial charge in [-0.25, -0.2) is 0 Å². The summed E-state index contributed by atoms with van der Waals surface area (Å²) in [6.07, 6.45) is 1.24. The van der Waals surface area contributed by atoms with E-state index in [1.807, 2.05) is 6.07 Å². The lowest BCUT2D eigenvalue weighted by atomic mass is 10.1. The maximum atomic E-state index is 5.77. The van der Waals surface area contributed by atoms with E-state index in [0.29, 0.717) is 0 Å². The average molecular weight is 214 g/mol. The number of halogens is 1. The Labute approximate surface area is 90.9 Å². The van der Waals surface area contributed by atoms with Gasteiger partial charge in [-0.1, -0.05) is 18.2 Å². The van der Waals surface area contributed by atoms with Crippen LogP contribution in [0.2, 0.25) is 0 Å². The highest BCUT2D eigenvalue weighted by molar-refractivity contribution is 5.85. The van der Waals surface area contributed by atoms with Gasteiger partial charge >= 0.3 is 0 Å². The zero-order chi connectivity index (χ0) is 9.42. The monoisotopic (exact) mass is 213 g/mol. The molecule has 1 aromatic carbocycles. The van der Waals surface area contributed by atoms with Crippen LogP contribution < -0.4 is 10.5 Å². The van der Waals surface area contributed by atoms with E-state index in [-0.39, 0.29) is 24.6 Å². The highest BCUT2D eigenvalue weighted by Gasteiger charge is 2.36. The highest BCUT2D eigenvalue weighted by atomic mass is 35.5. The van der Waals surface area contributed by atoms with Crippen LogP contribution in [0.1, 0.15) is 17.5 Å². The van der Waals surface area contributed by atoms with E-state index in [1.54, 1.807) is 0 Å². The Hall–Kier alpha value is -0.730. The molecular weight excluding hydrogens is 198 g/mol. The van der Waals surface area contributed by atoms with E-state index in [2.05, 4.69) is 26.0 Å². The second-order valence-corrected chi connectivity index (χ2v) is 3.78. The van der Waals surface area contributed by atoms with Gasteiger partial charge in [-0.05, 0) is 25.0 Å². The molecule has 14 heavy (non-hydrogen) atoms. The molecule has 0 amide bonds. The van der Waals surface area contributed by atoms with Gasteiger partial charge in [-0.3, -0.25) is 0 Å². The fraction of sp³-hybridized carbons (Fsp3) is 0.455. The smallest absolute Gasteiger partial charge is 0.125 e. The Morgan fingerprint density at radius 2 is 1.79 bits per heavy atom. The Balaban J connectivity index is 0.000000980. The first-order chi connectivity index (χ1) is 6.18. The van der Waals surface area contributed by atoms with Crippen molar-refractivity contribution >= 4 is 12.4 Å². The third kappa shape index (κ3) is 2.20. The van der Waals surface area contributed by atoms with Crippen molar-refractivity contribution in [2.45, 2.75) is 32.4 Å². The predicted octanol–water partition coefficient (Wildman–Crippen LogP) is 2.20. The Morgan fingerprint density at radius 1 is 1.29 bits per heavy atom. The van der Waals surface area contributed by atoms with Crippen molar-refractivity contribution in [3.63, 3.8) is 0 Å². The van der Waals surface area contributed by atoms with Gasteiger partial charge in [0.15, 0.2) is 0 Å². The summed E-state index contributed by atoms with van der Waals surface area (Å²) in [5, 5.41) is 0. The van der Waals surface area contributed by atoms with Crippen LogP contribution in [-0.4, -0.2) is 12.1 Å². The number of para-hydroxylation sites is 1. The Kier molecular flexibility index (Phi) is 3.40. The molecule has 0 radical (unpaired) electrons. The van der Waals surface area contributed by atoms with Gasteiger partial charge in [0.05, 0.1) is 0 Å². The predicted molar refractivity (Wildman–Crippen MR) is 60.2 cm³/mol. The van der Waals surface area contributed by atoms with Crippen molar-refractivity contribution in [3.05, 3.63) is 29.3 Å². The summed E-state index contributed by atoms with van der Waals surface area (Å²) in [6, 6.07) is 6.43. The summed E-state index contributed by atoms with van der Waals surface area (Å²) in [7, 11) is 0. The highest BCUT2D eigenvalue weighted by Crippen LogP contribution is 2.30. The summed E-state index contributed by atoms with van der Waals surface area (Å²) >= 11 is 0. The molecule has 78 valence electrons. The maximum Gasteiger partial charge on any atom is 0.125 e. The number of aryl methyl sites for hydroxylation is 2. The second-order valence-electron chi connectivity index (χ2n) is 3.78. The fourth-order valence-electron chi connectivity index (χ4n) is 1.46. The average Bonchev–Trinajstić information content (AvgIpc) is 2.75. The molecule has 2 atom stereocenters. The molecule has 1 saturated carbocycles. The molecule has 0 aromatic heterocycles. The maximum absolute atomic E-state index is 5.77. The van der Waals surface area contributed by atoms with Gasteiger partial charge in [0.1, 0.15) is 11.9 Å². The fourth-order valence-corrected chi connectivity index (χ4v) is 1.46. The zero-order valence-electron chi connectivity index (χ0n) is 8.49. The molecule has 2 rings (SSSR count). The van der Waals surface area contributed by atoms with Crippen LogP contribution in [0, 0.1) is 13.8 Å². The van der Waals surface area contributed by atoms with Gasteiger partial charge in [-0.15, -0.1) is 12.4 Å². The summed E-state index contributed by atoms with van der Waals surface area (Å²) < 4.78 is 5.77. The van der Waals surface area contributed by atoms with E-state index < -0.39 is 0 Å². The number of benzene rings is 1. The minimum Gasteiger partial charge on any atom is -0.488 e. The molecule has 1 aliphatic carbocycles. The number of rotatable bonds is 2. The molecule has 1 fully saturated rings. The van der Waals surface area contributed by atoms with Crippen LogP contribution in [0.5, 0.6) is 5.75 Å². The van der Waals surface area contributed by atoms with Gasteiger partial charge < -0.3 is 10.5 Å². The normalized spacial score (nSPS) is 23.9. The van der Waals surface area contributed by atoms with E-state index >= 15 is 0 Å². The number of hydrogen-bond donors (Lipinski definition) is 1. The summed E-state index contributed by atoms with van der Waals surface area (Å²) in [6.45, 7) is 4.13. The molecule has 2 N–H and O–H groups in total. The minimum atomic E-state index is 0. The standard InChI is InChI=1S/C11H15NO.ClH/c1-7-4-3-5-8(2)11(7)13-10-6-9(10)12;/h3-5,9-10H,6,12H2,1-2H3;1H/t9-,10-;/m1./s1. The number of nitrogens with two attached hydrogens (primary N) is 1. The van der Waals surface area contributed by atoms with Crippen molar-refractivity contribution in [2.75, 3.05) is 0 Å². The van der Waals surface area contributed by atoms with E-state index in [0.717, 1.165) is 12.2 Å². The molecular formula is C11H16ClNO. The van der Waals surface area contributed by atoms with Gasteiger partial charge in [0.2, 0.25) is 0 Å². The Morgan fingerprint density at radius 3 is 2.21 bits per heavy atom. The van der Waals surface area contributed by atoms with Crippen LogP contribution in [0.15, 0.2) is 18.2 Å². The van der Waals surface area contributed by atoms with Crippen LogP contribution >= 0.6 is 12.4 Å². The van der Waals surface area contributed by atoms with Gasteiger partial charge in [0.25, 0.3) is 0 Å². The lowest BCUT2D eigenvalue weighted by Crippen LogP contribution is -2.11. The molecule has 2 nitrogen and oxygen atoms in total. The molecule has 0 saturated heterocycles. The first kappa shape index (κ1) is 11.3.